The van der Waals surface area contributed by atoms with Crippen LogP contribution in [0, 0.1) is 5.92 Å². The Hall–Kier alpha value is -1.50. The minimum Gasteiger partial charge on any atom is -0.377 e. The number of aromatic nitrogens is 1. The van der Waals surface area contributed by atoms with Crippen LogP contribution < -0.4 is 0 Å². The van der Waals surface area contributed by atoms with Gasteiger partial charge in [-0.25, -0.2) is 0 Å². The van der Waals surface area contributed by atoms with Crippen LogP contribution in [-0.4, -0.2) is 78.8 Å². The molecule has 0 unspecified atom stereocenters. The average Bonchev–Trinajstić information content (AvgIpc) is 3.44. The van der Waals surface area contributed by atoms with E-state index in [-0.39, 0.29) is 5.91 Å². The van der Waals surface area contributed by atoms with Crippen LogP contribution in [0.15, 0.2) is 24.5 Å². The molecule has 6 heteroatoms. The van der Waals surface area contributed by atoms with Gasteiger partial charge in [-0.3, -0.25) is 14.7 Å². The molecule has 1 atom stereocenters. The van der Waals surface area contributed by atoms with Crippen molar-refractivity contribution >= 4 is 5.91 Å². The lowest BCUT2D eigenvalue weighted by Gasteiger charge is -2.43. The van der Waals surface area contributed by atoms with Crippen molar-refractivity contribution in [3.05, 3.63) is 30.1 Å². The Morgan fingerprint density at radius 3 is 2.83 bits per heavy atom. The molecule has 1 amide bonds. The molecule has 0 N–H and O–H groups in total. The molecule has 0 bridgehead atoms. The molecule has 24 heavy (non-hydrogen) atoms. The minimum absolute atomic E-state index is 0.0538. The van der Waals surface area contributed by atoms with Gasteiger partial charge in [0.2, 0.25) is 0 Å². The molecule has 2 saturated heterocycles. The molecule has 1 saturated carbocycles. The molecule has 6 nitrogen and oxygen atoms in total. The number of ether oxygens (including phenoxy) is 2. The van der Waals surface area contributed by atoms with Crippen LogP contribution in [0.4, 0.5) is 0 Å². The molecule has 1 spiro atoms. The van der Waals surface area contributed by atoms with Gasteiger partial charge in [0.1, 0.15) is 5.60 Å². The van der Waals surface area contributed by atoms with E-state index in [4.69, 9.17) is 9.47 Å². The van der Waals surface area contributed by atoms with E-state index in [0.29, 0.717) is 31.9 Å². The van der Waals surface area contributed by atoms with Crippen LogP contribution in [0.1, 0.15) is 23.2 Å². The van der Waals surface area contributed by atoms with Gasteiger partial charge >= 0.3 is 0 Å². The Bertz CT molecular complexity index is 578. The van der Waals surface area contributed by atoms with E-state index >= 15 is 0 Å². The van der Waals surface area contributed by atoms with Gasteiger partial charge in [-0.15, -0.1) is 0 Å². The number of rotatable bonds is 3. The van der Waals surface area contributed by atoms with E-state index in [1.807, 2.05) is 4.90 Å². The molecule has 3 fully saturated rings. The molecule has 1 aromatic rings. The SMILES string of the molecule is O=C(c1ccncc1)N1CCO[C@@]2(COCCN(CC3CC3)C2)C1. The summed E-state index contributed by atoms with van der Waals surface area (Å²) >= 11 is 0. The lowest BCUT2D eigenvalue weighted by Crippen LogP contribution is -2.60. The molecule has 3 aliphatic rings. The van der Waals surface area contributed by atoms with E-state index in [2.05, 4.69) is 9.88 Å². The fourth-order valence-corrected chi connectivity index (χ4v) is 3.68. The maximum Gasteiger partial charge on any atom is 0.254 e. The molecular formula is C18H25N3O3. The zero-order valence-corrected chi connectivity index (χ0v) is 14.0. The number of morpholine rings is 1. The lowest BCUT2D eigenvalue weighted by atomic mass is 10.0. The van der Waals surface area contributed by atoms with Crippen molar-refractivity contribution in [2.45, 2.75) is 18.4 Å². The number of carbonyl (C=O) groups excluding carboxylic acids is 1. The van der Waals surface area contributed by atoms with Crippen LogP contribution in [0.25, 0.3) is 0 Å². The third-order valence-electron chi connectivity index (χ3n) is 5.11. The smallest absolute Gasteiger partial charge is 0.254 e. The summed E-state index contributed by atoms with van der Waals surface area (Å²) in [5.41, 5.74) is 0.290. The highest BCUT2D eigenvalue weighted by Gasteiger charge is 2.42. The third-order valence-corrected chi connectivity index (χ3v) is 5.11. The average molecular weight is 331 g/mol. The van der Waals surface area contributed by atoms with E-state index < -0.39 is 5.60 Å². The van der Waals surface area contributed by atoms with E-state index in [9.17, 15) is 4.79 Å². The second-order valence-electron chi connectivity index (χ2n) is 7.23. The molecular weight excluding hydrogens is 306 g/mol. The van der Waals surface area contributed by atoms with Gasteiger partial charge in [-0.2, -0.15) is 0 Å². The number of hydrogen-bond donors (Lipinski definition) is 0. The van der Waals surface area contributed by atoms with Crippen LogP contribution in [-0.2, 0) is 9.47 Å². The van der Waals surface area contributed by atoms with E-state index in [0.717, 1.165) is 32.2 Å². The molecule has 130 valence electrons. The highest BCUT2D eigenvalue weighted by atomic mass is 16.5. The molecule has 3 heterocycles. The summed E-state index contributed by atoms with van der Waals surface area (Å²) < 4.78 is 12.0. The summed E-state index contributed by atoms with van der Waals surface area (Å²) in [5, 5.41) is 0. The second kappa shape index (κ2) is 6.78. The second-order valence-corrected chi connectivity index (χ2v) is 7.23. The number of pyridine rings is 1. The molecule has 0 aromatic carbocycles. The topological polar surface area (TPSA) is 54.9 Å². The Labute approximate surface area is 142 Å². The number of carbonyl (C=O) groups is 1. The first-order chi connectivity index (χ1) is 11.7. The standard InChI is InChI=1S/C18H25N3O3/c22-17(16-3-5-19-6-4-16)21-8-10-24-18(13-21)12-20(7-9-23-14-18)11-15-1-2-15/h3-6,15H,1-2,7-14H2/t18-/m1/s1. The van der Waals surface area contributed by atoms with Crippen molar-refractivity contribution in [3.63, 3.8) is 0 Å². The van der Waals surface area contributed by atoms with Crippen LogP contribution in [0.5, 0.6) is 0 Å². The maximum absolute atomic E-state index is 12.8. The first kappa shape index (κ1) is 16.0. The summed E-state index contributed by atoms with van der Waals surface area (Å²) in [6.45, 7) is 6.04. The predicted molar refractivity (Wildman–Crippen MR) is 88.8 cm³/mol. The number of nitrogens with zero attached hydrogens (tertiary/aromatic N) is 3. The van der Waals surface area contributed by atoms with Gasteiger partial charge in [0.05, 0.1) is 26.4 Å². The Morgan fingerprint density at radius 1 is 1.21 bits per heavy atom. The maximum atomic E-state index is 12.8. The van der Waals surface area contributed by atoms with Crippen LogP contribution in [0.2, 0.25) is 0 Å². The highest BCUT2D eigenvalue weighted by molar-refractivity contribution is 5.94. The molecule has 1 aliphatic carbocycles. The van der Waals surface area contributed by atoms with Crippen molar-refractivity contribution in [2.75, 3.05) is 52.5 Å². The van der Waals surface area contributed by atoms with Crippen molar-refractivity contribution in [3.8, 4) is 0 Å². The normalized spacial score (nSPS) is 28.8. The first-order valence-electron chi connectivity index (χ1n) is 8.87. The van der Waals surface area contributed by atoms with Gasteiger partial charge in [0.15, 0.2) is 0 Å². The molecule has 1 aromatic heterocycles. The lowest BCUT2D eigenvalue weighted by molar-refractivity contribution is -0.133. The first-order valence-corrected chi connectivity index (χ1v) is 8.87. The summed E-state index contributed by atoms with van der Waals surface area (Å²) in [5.74, 6) is 0.899. The van der Waals surface area contributed by atoms with Crippen molar-refractivity contribution in [2.24, 2.45) is 5.92 Å². The monoisotopic (exact) mass is 331 g/mol. The Morgan fingerprint density at radius 2 is 2.04 bits per heavy atom. The van der Waals surface area contributed by atoms with Gasteiger partial charge in [-0.05, 0) is 30.9 Å². The molecule has 4 rings (SSSR count). The minimum atomic E-state index is -0.396. The third kappa shape index (κ3) is 3.61. The predicted octanol–water partition coefficient (Wildman–Crippen LogP) is 1.03. The van der Waals surface area contributed by atoms with Crippen molar-refractivity contribution in [1.82, 2.24) is 14.8 Å². The zero-order chi connectivity index (χ0) is 16.4. The number of amides is 1. The van der Waals surface area contributed by atoms with Gasteiger partial charge in [0.25, 0.3) is 5.91 Å². The van der Waals surface area contributed by atoms with E-state index in [1.54, 1.807) is 24.5 Å². The molecule has 2 aliphatic heterocycles. The van der Waals surface area contributed by atoms with Gasteiger partial charge in [0, 0.05) is 44.1 Å². The van der Waals surface area contributed by atoms with Gasteiger partial charge in [-0.1, -0.05) is 0 Å². The molecule has 0 radical (unpaired) electrons. The Kier molecular flexibility index (Phi) is 4.52. The van der Waals surface area contributed by atoms with Crippen molar-refractivity contribution < 1.29 is 14.3 Å². The van der Waals surface area contributed by atoms with Gasteiger partial charge < -0.3 is 14.4 Å². The largest absolute Gasteiger partial charge is 0.377 e. The zero-order valence-electron chi connectivity index (χ0n) is 14.0. The summed E-state index contributed by atoms with van der Waals surface area (Å²) in [6.07, 6.45) is 6.01. The Balaban J connectivity index is 1.46. The van der Waals surface area contributed by atoms with Crippen LogP contribution in [0.3, 0.4) is 0 Å². The van der Waals surface area contributed by atoms with Crippen LogP contribution >= 0.6 is 0 Å². The fourth-order valence-electron chi connectivity index (χ4n) is 3.68. The fraction of sp³-hybridized carbons (Fsp3) is 0.667. The number of hydrogen-bond acceptors (Lipinski definition) is 5. The quantitative estimate of drug-likeness (QED) is 0.828. The van der Waals surface area contributed by atoms with Crippen molar-refractivity contribution in [1.29, 1.82) is 0 Å². The van der Waals surface area contributed by atoms with E-state index in [1.165, 1.54) is 12.8 Å². The summed E-state index contributed by atoms with van der Waals surface area (Å²) in [7, 11) is 0. The highest BCUT2D eigenvalue weighted by Crippen LogP contribution is 2.31. The summed E-state index contributed by atoms with van der Waals surface area (Å²) in [4.78, 5) is 21.1. The summed E-state index contributed by atoms with van der Waals surface area (Å²) in [6, 6.07) is 3.54.